The van der Waals surface area contributed by atoms with E-state index >= 15 is 0 Å². The predicted octanol–water partition coefficient (Wildman–Crippen LogP) is 2.45. The monoisotopic (exact) mass is 235 g/mol. The quantitative estimate of drug-likeness (QED) is 0.871. The van der Waals surface area contributed by atoms with Gasteiger partial charge in [0.15, 0.2) is 0 Å². The molecule has 0 aromatic carbocycles. The van der Waals surface area contributed by atoms with E-state index in [1.807, 2.05) is 24.4 Å². The SMILES string of the molecule is CC(N(C)C(CN)c1ccccn1)C(C)(C)C. The standard InChI is InChI=1S/C14H25N3/c1-11(14(2,3)4)17(5)13(10-15)12-8-6-7-9-16-12/h6-9,11,13H,10,15H2,1-5H3. The summed E-state index contributed by atoms with van der Waals surface area (Å²) in [5.41, 5.74) is 7.19. The molecule has 0 radical (unpaired) electrons. The lowest BCUT2D eigenvalue weighted by molar-refractivity contribution is 0.0983. The van der Waals surface area contributed by atoms with E-state index in [-0.39, 0.29) is 11.5 Å². The molecule has 0 amide bonds. The number of hydrogen-bond acceptors (Lipinski definition) is 3. The van der Waals surface area contributed by atoms with Crippen molar-refractivity contribution in [1.29, 1.82) is 0 Å². The topological polar surface area (TPSA) is 42.1 Å². The molecule has 2 atom stereocenters. The van der Waals surface area contributed by atoms with Gasteiger partial charge in [-0.1, -0.05) is 26.8 Å². The largest absolute Gasteiger partial charge is 0.329 e. The highest BCUT2D eigenvalue weighted by atomic mass is 15.2. The summed E-state index contributed by atoms with van der Waals surface area (Å²) in [6.45, 7) is 9.58. The van der Waals surface area contributed by atoms with Crippen LogP contribution in [0.15, 0.2) is 24.4 Å². The molecule has 0 aliphatic carbocycles. The summed E-state index contributed by atoms with van der Waals surface area (Å²) in [5.74, 6) is 0. The lowest BCUT2D eigenvalue weighted by Crippen LogP contribution is -2.44. The minimum atomic E-state index is 0.186. The number of hydrogen-bond donors (Lipinski definition) is 1. The third-order valence-electron chi connectivity index (χ3n) is 3.61. The highest BCUT2D eigenvalue weighted by Gasteiger charge is 2.29. The van der Waals surface area contributed by atoms with Gasteiger partial charge >= 0.3 is 0 Å². The molecule has 1 aromatic heterocycles. The Kier molecular flexibility index (Phi) is 4.66. The summed E-state index contributed by atoms with van der Waals surface area (Å²) in [6, 6.07) is 6.62. The van der Waals surface area contributed by atoms with Crippen molar-refractivity contribution in [3.63, 3.8) is 0 Å². The van der Waals surface area contributed by atoms with Crippen LogP contribution in [-0.4, -0.2) is 29.5 Å². The fourth-order valence-electron chi connectivity index (χ4n) is 1.95. The van der Waals surface area contributed by atoms with Crippen molar-refractivity contribution < 1.29 is 0 Å². The van der Waals surface area contributed by atoms with E-state index in [9.17, 15) is 0 Å². The summed E-state index contributed by atoms with van der Waals surface area (Å²) in [5, 5.41) is 0. The molecule has 2 N–H and O–H groups in total. The molecule has 0 saturated carbocycles. The Balaban J connectivity index is 2.89. The maximum absolute atomic E-state index is 5.91. The van der Waals surface area contributed by atoms with E-state index < -0.39 is 0 Å². The predicted molar refractivity (Wildman–Crippen MR) is 72.7 cm³/mol. The first-order chi connectivity index (χ1) is 7.88. The molecule has 3 nitrogen and oxygen atoms in total. The van der Waals surface area contributed by atoms with Crippen molar-refractivity contribution in [2.75, 3.05) is 13.6 Å². The smallest absolute Gasteiger partial charge is 0.0644 e. The molecule has 96 valence electrons. The zero-order chi connectivity index (χ0) is 13.1. The molecule has 3 heteroatoms. The van der Waals surface area contributed by atoms with Gasteiger partial charge in [-0.2, -0.15) is 0 Å². The minimum absolute atomic E-state index is 0.186. The van der Waals surface area contributed by atoms with Gasteiger partial charge in [-0.05, 0) is 31.5 Å². The van der Waals surface area contributed by atoms with Gasteiger partial charge in [-0.15, -0.1) is 0 Å². The normalized spacial score (nSPS) is 15.9. The molecule has 0 aliphatic heterocycles. The minimum Gasteiger partial charge on any atom is -0.329 e. The lowest BCUT2D eigenvalue weighted by atomic mass is 9.86. The van der Waals surface area contributed by atoms with Crippen LogP contribution in [0.1, 0.15) is 39.4 Å². The summed E-state index contributed by atoms with van der Waals surface area (Å²) in [4.78, 5) is 6.74. The molecular formula is C14H25N3. The van der Waals surface area contributed by atoms with Crippen LogP contribution in [0.5, 0.6) is 0 Å². The van der Waals surface area contributed by atoms with Gasteiger partial charge in [0.1, 0.15) is 0 Å². The summed E-state index contributed by atoms with van der Waals surface area (Å²) < 4.78 is 0. The fourth-order valence-corrected chi connectivity index (χ4v) is 1.95. The Morgan fingerprint density at radius 1 is 1.35 bits per heavy atom. The average Bonchev–Trinajstić information content (AvgIpc) is 2.29. The van der Waals surface area contributed by atoms with E-state index in [2.05, 4.69) is 44.6 Å². The van der Waals surface area contributed by atoms with Crippen molar-refractivity contribution in [1.82, 2.24) is 9.88 Å². The summed E-state index contributed by atoms with van der Waals surface area (Å²) in [7, 11) is 2.13. The van der Waals surface area contributed by atoms with Crippen molar-refractivity contribution in [3.05, 3.63) is 30.1 Å². The van der Waals surface area contributed by atoms with Crippen LogP contribution in [0.2, 0.25) is 0 Å². The Hall–Kier alpha value is -0.930. The molecule has 1 rings (SSSR count). The van der Waals surface area contributed by atoms with Gasteiger partial charge in [-0.3, -0.25) is 9.88 Å². The Bertz CT molecular complexity index is 329. The maximum atomic E-state index is 5.91. The average molecular weight is 235 g/mol. The Morgan fingerprint density at radius 2 is 2.00 bits per heavy atom. The summed E-state index contributed by atoms with van der Waals surface area (Å²) in [6.07, 6.45) is 1.83. The third kappa shape index (κ3) is 3.51. The first kappa shape index (κ1) is 14.1. The van der Waals surface area contributed by atoms with E-state index in [1.165, 1.54) is 0 Å². The maximum Gasteiger partial charge on any atom is 0.0644 e. The van der Waals surface area contributed by atoms with E-state index in [0.717, 1.165) is 5.69 Å². The third-order valence-corrected chi connectivity index (χ3v) is 3.61. The van der Waals surface area contributed by atoms with Crippen LogP contribution in [0.25, 0.3) is 0 Å². The molecule has 0 spiro atoms. The number of rotatable bonds is 4. The molecule has 0 aliphatic rings. The van der Waals surface area contributed by atoms with Crippen LogP contribution in [-0.2, 0) is 0 Å². The van der Waals surface area contributed by atoms with E-state index in [1.54, 1.807) is 0 Å². The number of nitrogens with zero attached hydrogens (tertiary/aromatic N) is 2. The van der Waals surface area contributed by atoms with Gasteiger partial charge in [0.05, 0.1) is 11.7 Å². The number of nitrogens with two attached hydrogens (primary N) is 1. The molecule has 0 saturated heterocycles. The number of aromatic nitrogens is 1. The van der Waals surface area contributed by atoms with Gasteiger partial charge in [0.25, 0.3) is 0 Å². The molecule has 0 fully saturated rings. The molecule has 1 heterocycles. The van der Waals surface area contributed by atoms with Crippen molar-refractivity contribution in [2.24, 2.45) is 11.1 Å². The summed E-state index contributed by atoms with van der Waals surface area (Å²) >= 11 is 0. The lowest BCUT2D eigenvalue weighted by Gasteiger charge is -2.39. The van der Waals surface area contributed by atoms with E-state index in [0.29, 0.717) is 12.6 Å². The van der Waals surface area contributed by atoms with Crippen molar-refractivity contribution >= 4 is 0 Å². The van der Waals surface area contributed by atoms with Gasteiger partial charge in [0, 0.05) is 18.8 Å². The first-order valence-electron chi connectivity index (χ1n) is 6.21. The van der Waals surface area contributed by atoms with Crippen LogP contribution in [0.4, 0.5) is 0 Å². The molecule has 1 aromatic rings. The molecule has 0 bridgehead atoms. The second-order valence-corrected chi connectivity index (χ2v) is 5.71. The molecule has 2 unspecified atom stereocenters. The second-order valence-electron chi connectivity index (χ2n) is 5.71. The molecule has 17 heavy (non-hydrogen) atoms. The number of likely N-dealkylation sites (N-methyl/N-ethyl adjacent to an activating group) is 1. The zero-order valence-corrected chi connectivity index (χ0v) is 11.6. The molecular weight excluding hydrogens is 210 g/mol. The van der Waals surface area contributed by atoms with Gasteiger partial charge < -0.3 is 5.73 Å². The van der Waals surface area contributed by atoms with Crippen molar-refractivity contribution in [2.45, 2.75) is 39.8 Å². The van der Waals surface area contributed by atoms with Crippen molar-refractivity contribution in [3.8, 4) is 0 Å². The fraction of sp³-hybridized carbons (Fsp3) is 0.643. The van der Waals surface area contributed by atoms with Gasteiger partial charge in [-0.25, -0.2) is 0 Å². The second kappa shape index (κ2) is 5.61. The number of pyridine rings is 1. The van der Waals surface area contributed by atoms with Crippen LogP contribution >= 0.6 is 0 Å². The van der Waals surface area contributed by atoms with Gasteiger partial charge in [0.2, 0.25) is 0 Å². The van der Waals surface area contributed by atoms with E-state index in [4.69, 9.17) is 5.73 Å². The zero-order valence-electron chi connectivity index (χ0n) is 11.6. The highest BCUT2D eigenvalue weighted by Crippen LogP contribution is 2.28. The van der Waals surface area contributed by atoms with Crippen LogP contribution in [0, 0.1) is 5.41 Å². The van der Waals surface area contributed by atoms with Crippen LogP contribution in [0.3, 0.4) is 0 Å². The highest BCUT2D eigenvalue weighted by molar-refractivity contribution is 5.10. The Morgan fingerprint density at radius 3 is 2.41 bits per heavy atom. The Labute approximate surface area is 105 Å². The first-order valence-corrected chi connectivity index (χ1v) is 6.21. The van der Waals surface area contributed by atoms with Crippen LogP contribution < -0.4 is 5.73 Å².